The first-order valence-electron chi connectivity index (χ1n) is 8.14. The number of rotatable bonds is 6. The highest BCUT2D eigenvalue weighted by Gasteiger charge is 2.32. The molecule has 1 N–H and O–H groups in total. The standard InChI is InChI=1S/C18H21NO3S2/c1-3-23-8-6-22-18(21)17-11(2)16-13(19-17)9-12(10-14(16)20)15-5-4-7-24-15/h4-5,7,12,19H,3,6,8-10H2,1-2H3. The maximum atomic E-state index is 12.6. The predicted octanol–water partition coefficient (Wildman–Crippen LogP) is 4.21. The Morgan fingerprint density at radius 3 is 3.00 bits per heavy atom. The number of esters is 1. The second-order valence-electron chi connectivity index (χ2n) is 5.86. The number of aromatic nitrogens is 1. The summed E-state index contributed by atoms with van der Waals surface area (Å²) >= 11 is 3.41. The second kappa shape index (κ2) is 7.57. The van der Waals surface area contributed by atoms with E-state index >= 15 is 0 Å². The molecule has 3 rings (SSSR count). The van der Waals surface area contributed by atoms with Crippen molar-refractivity contribution >= 4 is 34.9 Å². The molecular weight excluding hydrogens is 342 g/mol. The molecule has 0 bridgehead atoms. The van der Waals surface area contributed by atoms with Crippen molar-refractivity contribution in [2.24, 2.45) is 0 Å². The van der Waals surface area contributed by atoms with Crippen molar-refractivity contribution in [2.45, 2.75) is 32.6 Å². The van der Waals surface area contributed by atoms with E-state index in [-0.39, 0.29) is 17.7 Å². The van der Waals surface area contributed by atoms with E-state index in [0.29, 0.717) is 24.3 Å². The molecule has 1 unspecified atom stereocenters. The van der Waals surface area contributed by atoms with Crippen molar-refractivity contribution < 1.29 is 14.3 Å². The quantitative estimate of drug-likeness (QED) is 0.617. The molecule has 1 aliphatic carbocycles. The Hall–Kier alpha value is -1.53. The second-order valence-corrected chi connectivity index (χ2v) is 8.23. The zero-order chi connectivity index (χ0) is 17.1. The molecule has 1 atom stereocenters. The fraction of sp³-hybridized carbons (Fsp3) is 0.444. The largest absolute Gasteiger partial charge is 0.460 e. The molecule has 4 nitrogen and oxygen atoms in total. The number of Topliss-reactive ketones (excluding diaryl/α,β-unsaturated/α-hetero) is 1. The first-order valence-corrected chi connectivity index (χ1v) is 10.2. The van der Waals surface area contributed by atoms with Gasteiger partial charge in [-0.3, -0.25) is 4.79 Å². The molecule has 2 heterocycles. The molecule has 2 aromatic heterocycles. The molecule has 2 aromatic rings. The third kappa shape index (κ3) is 3.44. The lowest BCUT2D eigenvalue weighted by Crippen LogP contribution is -2.17. The lowest BCUT2D eigenvalue weighted by molar-refractivity contribution is 0.0523. The first kappa shape index (κ1) is 17.3. The topological polar surface area (TPSA) is 59.2 Å². The van der Waals surface area contributed by atoms with Crippen LogP contribution in [0.5, 0.6) is 0 Å². The van der Waals surface area contributed by atoms with E-state index in [9.17, 15) is 9.59 Å². The first-order chi connectivity index (χ1) is 11.6. The van der Waals surface area contributed by atoms with Crippen molar-refractivity contribution in [1.29, 1.82) is 0 Å². The smallest absolute Gasteiger partial charge is 0.355 e. The van der Waals surface area contributed by atoms with Gasteiger partial charge in [-0.05, 0) is 36.1 Å². The summed E-state index contributed by atoms with van der Waals surface area (Å²) in [7, 11) is 0. The molecule has 0 aromatic carbocycles. The molecule has 0 aliphatic heterocycles. The number of fused-ring (bicyclic) bond motifs is 1. The summed E-state index contributed by atoms with van der Waals surface area (Å²) in [5.74, 6) is 1.75. The lowest BCUT2D eigenvalue weighted by Gasteiger charge is -2.20. The number of hydrogen-bond donors (Lipinski definition) is 1. The molecule has 6 heteroatoms. The molecule has 0 fully saturated rings. The van der Waals surface area contributed by atoms with Crippen molar-refractivity contribution in [1.82, 2.24) is 4.98 Å². The molecule has 1 aliphatic rings. The minimum absolute atomic E-state index is 0.115. The summed E-state index contributed by atoms with van der Waals surface area (Å²) < 4.78 is 5.32. The molecular formula is C18H21NO3S2. The van der Waals surface area contributed by atoms with Crippen LogP contribution in [0.25, 0.3) is 0 Å². The zero-order valence-corrected chi connectivity index (χ0v) is 15.5. The Morgan fingerprint density at radius 2 is 2.29 bits per heavy atom. The van der Waals surface area contributed by atoms with Crippen LogP contribution in [0.15, 0.2) is 17.5 Å². The van der Waals surface area contributed by atoms with Gasteiger partial charge in [-0.15, -0.1) is 11.3 Å². The summed E-state index contributed by atoms with van der Waals surface area (Å²) in [6.07, 6.45) is 1.27. The van der Waals surface area contributed by atoms with E-state index in [2.05, 4.69) is 18.0 Å². The average Bonchev–Trinajstić information content (AvgIpc) is 3.20. The summed E-state index contributed by atoms with van der Waals surface area (Å²) in [5.41, 5.74) is 2.73. The van der Waals surface area contributed by atoms with Gasteiger partial charge in [0.25, 0.3) is 0 Å². The summed E-state index contributed by atoms with van der Waals surface area (Å²) in [6.45, 7) is 4.30. The van der Waals surface area contributed by atoms with Crippen molar-refractivity contribution in [2.75, 3.05) is 18.1 Å². The van der Waals surface area contributed by atoms with Crippen LogP contribution >= 0.6 is 23.1 Å². The van der Waals surface area contributed by atoms with Crippen molar-refractivity contribution in [3.05, 3.63) is 44.9 Å². The molecule has 0 amide bonds. The summed E-state index contributed by atoms with van der Waals surface area (Å²) in [4.78, 5) is 29.3. The Labute approximate surface area is 150 Å². The number of carbonyl (C=O) groups excluding carboxylic acids is 2. The normalized spacial score (nSPS) is 16.9. The summed E-state index contributed by atoms with van der Waals surface area (Å²) in [5, 5.41) is 2.03. The minimum atomic E-state index is -0.362. The zero-order valence-electron chi connectivity index (χ0n) is 13.9. The number of thiophene rings is 1. The number of thioether (sulfide) groups is 1. The fourth-order valence-corrected chi connectivity index (χ4v) is 4.49. The van der Waals surface area contributed by atoms with E-state index in [1.165, 1.54) is 4.88 Å². The number of hydrogen-bond acceptors (Lipinski definition) is 5. The highest BCUT2D eigenvalue weighted by atomic mass is 32.2. The number of nitrogens with one attached hydrogen (secondary N) is 1. The molecule has 24 heavy (non-hydrogen) atoms. The summed E-state index contributed by atoms with van der Waals surface area (Å²) in [6, 6.07) is 4.08. The van der Waals surface area contributed by atoms with Gasteiger partial charge in [-0.2, -0.15) is 11.8 Å². The Morgan fingerprint density at radius 1 is 1.46 bits per heavy atom. The SMILES string of the molecule is CCSCCOC(=O)c1[nH]c2c(c1C)C(=O)CC(c1cccs1)C2. The average molecular weight is 364 g/mol. The number of aromatic amines is 1. The third-order valence-electron chi connectivity index (χ3n) is 4.30. The van der Waals surface area contributed by atoms with Crippen LogP contribution < -0.4 is 0 Å². The van der Waals surface area contributed by atoms with E-state index in [1.807, 2.05) is 18.4 Å². The molecule has 0 spiro atoms. The number of ether oxygens (including phenoxy) is 1. The van der Waals surface area contributed by atoms with Crippen LogP contribution in [0.4, 0.5) is 0 Å². The van der Waals surface area contributed by atoms with Crippen LogP contribution in [0.3, 0.4) is 0 Å². The van der Waals surface area contributed by atoms with Crippen molar-refractivity contribution in [3.63, 3.8) is 0 Å². The number of ketones is 1. The minimum Gasteiger partial charge on any atom is -0.460 e. The highest BCUT2D eigenvalue weighted by Crippen LogP contribution is 2.36. The molecule has 0 saturated carbocycles. The van der Waals surface area contributed by atoms with Gasteiger partial charge in [0.1, 0.15) is 12.3 Å². The number of H-pyrrole nitrogens is 1. The predicted molar refractivity (Wildman–Crippen MR) is 98.5 cm³/mol. The Kier molecular flexibility index (Phi) is 5.46. The maximum Gasteiger partial charge on any atom is 0.355 e. The Balaban J connectivity index is 1.77. The molecule has 0 radical (unpaired) electrons. The van der Waals surface area contributed by atoms with Gasteiger partial charge in [0.2, 0.25) is 0 Å². The van der Waals surface area contributed by atoms with Gasteiger partial charge in [-0.1, -0.05) is 13.0 Å². The van der Waals surface area contributed by atoms with Gasteiger partial charge in [-0.25, -0.2) is 4.79 Å². The van der Waals surface area contributed by atoms with Gasteiger partial charge in [0.05, 0.1) is 0 Å². The van der Waals surface area contributed by atoms with Crippen LogP contribution in [0, 0.1) is 6.92 Å². The third-order valence-corrected chi connectivity index (χ3v) is 6.20. The van der Waals surface area contributed by atoms with Gasteiger partial charge in [0, 0.05) is 34.2 Å². The van der Waals surface area contributed by atoms with Crippen LogP contribution in [0.2, 0.25) is 0 Å². The van der Waals surface area contributed by atoms with Crippen molar-refractivity contribution in [3.8, 4) is 0 Å². The van der Waals surface area contributed by atoms with Gasteiger partial charge >= 0.3 is 5.97 Å². The maximum absolute atomic E-state index is 12.6. The van der Waals surface area contributed by atoms with Gasteiger partial charge < -0.3 is 9.72 Å². The molecule has 128 valence electrons. The lowest BCUT2D eigenvalue weighted by atomic mass is 9.84. The van der Waals surface area contributed by atoms with Crippen LogP contribution in [0.1, 0.15) is 56.2 Å². The van der Waals surface area contributed by atoms with E-state index < -0.39 is 0 Å². The van der Waals surface area contributed by atoms with Crippen LogP contribution in [-0.2, 0) is 11.2 Å². The number of carbonyl (C=O) groups is 2. The Bertz CT molecular complexity index is 734. The van der Waals surface area contributed by atoms with Crippen LogP contribution in [-0.4, -0.2) is 34.8 Å². The van der Waals surface area contributed by atoms with E-state index in [0.717, 1.165) is 29.2 Å². The van der Waals surface area contributed by atoms with E-state index in [4.69, 9.17) is 4.74 Å². The fourth-order valence-electron chi connectivity index (χ4n) is 3.17. The van der Waals surface area contributed by atoms with E-state index in [1.54, 1.807) is 23.1 Å². The monoisotopic (exact) mass is 363 g/mol. The van der Waals surface area contributed by atoms with Gasteiger partial charge in [0.15, 0.2) is 5.78 Å². The highest BCUT2D eigenvalue weighted by molar-refractivity contribution is 7.99. The molecule has 0 saturated heterocycles.